The highest BCUT2D eigenvalue weighted by Crippen LogP contribution is 2.26. The van der Waals surface area contributed by atoms with E-state index in [1.807, 2.05) is 0 Å². The van der Waals surface area contributed by atoms with E-state index in [4.69, 9.17) is 18.0 Å². The van der Waals surface area contributed by atoms with Gasteiger partial charge in [0.25, 0.3) is 10.0 Å². The molecular formula is C21H14ClNO3S. The van der Waals surface area contributed by atoms with Gasteiger partial charge in [-0.05, 0) is 42.5 Å². The van der Waals surface area contributed by atoms with Crippen molar-refractivity contribution in [3.05, 3.63) is 94.5 Å². The number of hydrogen-bond acceptors (Lipinski definition) is 3. The van der Waals surface area contributed by atoms with Crippen LogP contribution in [0.15, 0.2) is 77.7 Å². The highest BCUT2D eigenvalue weighted by molar-refractivity contribution is 7.92. The molecule has 0 unspecified atom stereocenters. The Kier molecular flexibility index (Phi) is 5.31. The average molecular weight is 396 g/mol. The lowest BCUT2D eigenvalue weighted by Gasteiger charge is -2.13. The molecule has 0 aliphatic rings. The zero-order chi connectivity index (χ0) is 19.4. The highest BCUT2D eigenvalue weighted by Gasteiger charge is 2.20. The van der Waals surface area contributed by atoms with Crippen LogP contribution >= 0.6 is 11.6 Å². The normalized spacial score (nSPS) is 10.8. The molecule has 0 bridgehead atoms. The molecular weight excluding hydrogens is 382 g/mol. The van der Waals surface area contributed by atoms with Crippen molar-refractivity contribution in [1.82, 2.24) is 0 Å². The molecule has 3 aromatic carbocycles. The summed E-state index contributed by atoms with van der Waals surface area (Å²) < 4.78 is 27.8. The predicted octanol–water partition coefficient (Wildman–Crippen LogP) is 4.35. The molecule has 3 aromatic rings. The zero-order valence-corrected chi connectivity index (χ0v) is 15.6. The van der Waals surface area contributed by atoms with Crippen molar-refractivity contribution in [3.8, 4) is 12.3 Å². The van der Waals surface area contributed by atoms with Gasteiger partial charge in [0.05, 0.1) is 10.6 Å². The van der Waals surface area contributed by atoms with Gasteiger partial charge in [-0.2, -0.15) is 0 Å². The minimum atomic E-state index is -3.90. The number of anilines is 1. The van der Waals surface area contributed by atoms with Crippen LogP contribution in [0, 0.1) is 12.3 Å². The van der Waals surface area contributed by atoms with Crippen LogP contribution < -0.4 is 4.72 Å². The van der Waals surface area contributed by atoms with Gasteiger partial charge < -0.3 is 0 Å². The summed E-state index contributed by atoms with van der Waals surface area (Å²) in [6.45, 7) is 0. The monoisotopic (exact) mass is 395 g/mol. The van der Waals surface area contributed by atoms with E-state index < -0.39 is 10.0 Å². The predicted molar refractivity (Wildman–Crippen MR) is 107 cm³/mol. The fourth-order valence-corrected chi connectivity index (χ4v) is 3.72. The molecule has 6 heteroatoms. The van der Waals surface area contributed by atoms with E-state index in [2.05, 4.69) is 10.6 Å². The Balaban J connectivity index is 1.99. The van der Waals surface area contributed by atoms with Gasteiger partial charge in [-0.15, -0.1) is 6.42 Å². The molecule has 3 rings (SSSR count). The van der Waals surface area contributed by atoms with Gasteiger partial charge in [0, 0.05) is 21.7 Å². The molecule has 0 heterocycles. The summed E-state index contributed by atoms with van der Waals surface area (Å²) >= 11 is 6.02. The number of sulfonamides is 1. The number of carbonyl (C=O) groups excluding carboxylic acids is 1. The van der Waals surface area contributed by atoms with E-state index in [0.717, 1.165) is 0 Å². The van der Waals surface area contributed by atoms with Crippen LogP contribution in [0.2, 0.25) is 5.02 Å². The van der Waals surface area contributed by atoms with E-state index in [1.54, 1.807) is 30.3 Å². The summed E-state index contributed by atoms with van der Waals surface area (Å²) in [7, 11) is -3.90. The van der Waals surface area contributed by atoms with E-state index in [1.165, 1.54) is 42.5 Å². The van der Waals surface area contributed by atoms with Crippen LogP contribution in [-0.2, 0) is 10.0 Å². The smallest absolute Gasteiger partial charge is 0.261 e. The fourth-order valence-electron chi connectivity index (χ4n) is 2.47. The second kappa shape index (κ2) is 7.67. The summed E-state index contributed by atoms with van der Waals surface area (Å²) in [6.07, 6.45) is 5.29. The second-order valence-corrected chi connectivity index (χ2v) is 7.78. The molecule has 0 aliphatic carbocycles. The van der Waals surface area contributed by atoms with E-state index in [9.17, 15) is 13.2 Å². The number of terminal acetylenes is 1. The van der Waals surface area contributed by atoms with Gasteiger partial charge in [0.15, 0.2) is 5.78 Å². The van der Waals surface area contributed by atoms with E-state index in [0.29, 0.717) is 16.1 Å². The number of benzene rings is 3. The van der Waals surface area contributed by atoms with Gasteiger partial charge in [-0.3, -0.25) is 9.52 Å². The topological polar surface area (TPSA) is 63.2 Å². The standard InChI is InChI=1S/C21H14ClNO3S/c1-2-15-8-11-18(12-9-15)27(25,26)23-20-13-10-17(22)14-19(20)21(24)16-6-4-3-5-7-16/h1,3-14,23H. The minimum absolute atomic E-state index is 0.0366. The first kappa shape index (κ1) is 18.7. The van der Waals surface area contributed by atoms with Crippen molar-refractivity contribution in [2.75, 3.05) is 4.72 Å². The largest absolute Gasteiger partial charge is 0.289 e. The van der Waals surface area contributed by atoms with Gasteiger partial charge in [0.2, 0.25) is 0 Å². The first-order valence-electron chi connectivity index (χ1n) is 7.89. The van der Waals surface area contributed by atoms with Crippen LogP contribution in [-0.4, -0.2) is 14.2 Å². The van der Waals surface area contributed by atoms with E-state index in [-0.39, 0.29) is 21.9 Å². The molecule has 1 N–H and O–H groups in total. The Labute approximate surface area is 162 Å². The number of ketones is 1. The van der Waals surface area contributed by atoms with Crippen molar-refractivity contribution in [1.29, 1.82) is 0 Å². The van der Waals surface area contributed by atoms with Crippen molar-refractivity contribution < 1.29 is 13.2 Å². The third-order valence-corrected chi connectivity index (χ3v) is 5.45. The lowest BCUT2D eigenvalue weighted by atomic mass is 10.0. The van der Waals surface area contributed by atoms with Crippen molar-refractivity contribution in [2.45, 2.75) is 4.90 Å². The van der Waals surface area contributed by atoms with Crippen LogP contribution in [0.3, 0.4) is 0 Å². The number of carbonyl (C=O) groups is 1. The number of rotatable bonds is 5. The van der Waals surface area contributed by atoms with Gasteiger partial charge >= 0.3 is 0 Å². The summed E-state index contributed by atoms with van der Waals surface area (Å²) in [6, 6.07) is 18.9. The third kappa shape index (κ3) is 4.20. The minimum Gasteiger partial charge on any atom is -0.289 e. The van der Waals surface area contributed by atoms with Gasteiger partial charge in [-0.1, -0.05) is 47.9 Å². The van der Waals surface area contributed by atoms with E-state index >= 15 is 0 Å². The number of nitrogens with one attached hydrogen (secondary N) is 1. The summed E-state index contributed by atoms with van der Waals surface area (Å²) in [4.78, 5) is 12.8. The molecule has 0 aliphatic heterocycles. The molecule has 0 amide bonds. The molecule has 0 spiro atoms. The van der Waals surface area contributed by atoms with Crippen molar-refractivity contribution in [3.63, 3.8) is 0 Å². The fraction of sp³-hybridized carbons (Fsp3) is 0. The van der Waals surface area contributed by atoms with Gasteiger partial charge in [-0.25, -0.2) is 8.42 Å². The Morgan fingerprint density at radius 3 is 2.26 bits per heavy atom. The summed E-state index contributed by atoms with van der Waals surface area (Å²) in [5.41, 5.74) is 1.31. The van der Waals surface area contributed by atoms with Crippen molar-refractivity contribution >= 4 is 33.1 Å². The Morgan fingerprint density at radius 1 is 0.963 bits per heavy atom. The second-order valence-electron chi connectivity index (χ2n) is 5.66. The molecule has 0 saturated heterocycles. The Hall–Kier alpha value is -3.07. The Morgan fingerprint density at radius 2 is 1.63 bits per heavy atom. The third-order valence-electron chi connectivity index (χ3n) is 3.84. The lowest BCUT2D eigenvalue weighted by molar-refractivity contribution is 0.103. The number of halogens is 1. The van der Waals surface area contributed by atoms with Crippen LogP contribution in [0.5, 0.6) is 0 Å². The van der Waals surface area contributed by atoms with Gasteiger partial charge in [0.1, 0.15) is 0 Å². The molecule has 134 valence electrons. The van der Waals surface area contributed by atoms with Crippen LogP contribution in [0.1, 0.15) is 21.5 Å². The van der Waals surface area contributed by atoms with Crippen LogP contribution in [0.4, 0.5) is 5.69 Å². The number of hydrogen-bond donors (Lipinski definition) is 1. The molecule has 0 atom stereocenters. The maximum absolute atomic E-state index is 12.8. The SMILES string of the molecule is C#Cc1ccc(S(=O)(=O)Nc2ccc(Cl)cc2C(=O)c2ccccc2)cc1. The average Bonchev–Trinajstić information content (AvgIpc) is 2.69. The highest BCUT2D eigenvalue weighted by atomic mass is 35.5. The first-order chi connectivity index (χ1) is 12.9. The molecule has 27 heavy (non-hydrogen) atoms. The Bertz CT molecular complexity index is 1130. The quantitative estimate of drug-likeness (QED) is 0.516. The summed E-state index contributed by atoms with van der Waals surface area (Å²) in [5, 5.41) is 0.329. The molecule has 0 fully saturated rings. The molecule has 0 saturated carbocycles. The van der Waals surface area contributed by atoms with Crippen LogP contribution in [0.25, 0.3) is 0 Å². The summed E-state index contributed by atoms with van der Waals surface area (Å²) in [5.74, 6) is 2.09. The van der Waals surface area contributed by atoms with Crippen molar-refractivity contribution in [2.24, 2.45) is 0 Å². The zero-order valence-electron chi connectivity index (χ0n) is 14.0. The molecule has 0 aromatic heterocycles. The molecule has 4 nitrogen and oxygen atoms in total. The first-order valence-corrected chi connectivity index (χ1v) is 9.75. The maximum Gasteiger partial charge on any atom is 0.261 e. The molecule has 0 radical (unpaired) electrons. The maximum atomic E-state index is 12.8. The lowest BCUT2D eigenvalue weighted by Crippen LogP contribution is -2.16.